The minimum absolute atomic E-state index is 0.164. The van der Waals surface area contributed by atoms with Crippen LogP contribution in [0, 0.1) is 17.8 Å². The Morgan fingerprint density at radius 3 is 2.15 bits per heavy atom. The van der Waals surface area contributed by atoms with E-state index in [1.807, 2.05) is 11.8 Å². The summed E-state index contributed by atoms with van der Waals surface area (Å²) in [4.78, 5) is 2.86. The highest BCUT2D eigenvalue weighted by atomic mass is 32.2. The van der Waals surface area contributed by atoms with Gasteiger partial charge in [0.05, 0.1) is 10.9 Å². The SMILES string of the molecule is Cc1c2c(c(CC(C)(C)C)c3ccc4ccccc4c13)Sc1c3ccc(CC(C)(C)C)cc3cc3cc[n+](C)c-2c13. The van der Waals surface area contributed by atoms with E-state index in [1.54, 1.807) is 0 Å². The number of hydrogen-bond donors (Lipinski definition) is 0. The third kappa shape index (κ3) is 4.34. The summed E-state index contributed by atoms with van der Waals surface area (Å²) in [7, 11) is 2.23. The van der Waals surface area contributed by atoms with Gasteiger partial charge in [-0.2, -0.15) is 0 Å². The van der Waals surface area contributed by atoms with Crippen LogP contribution in [-0.2, 0) is 19.9 Å². The van der Waals surface area contributed by atoms with Crippen molar-refractivity contribution in [2.24, 2.45) is 17.9 Å². The third-order valence-electron chi connectivity index (χ3n) is 8.64. The average molecular weight is 555 g/mol. The number of hydrogen-bond acceptors (Lipinski definition) is 1. The molecule has 0 fully saturated rings. The molecular weight excluding hydrogens is 515 g/mol. The van der Waals surface area contributed by atoms with Crippen LogP contribution in [0.4, 0.5) is 0 Å². The number of aromatic nitrogens is 1. The fourth-order valence-corrected chi connectivity index (χ4v) is 8.57. The van der Waals surface area contributed by atoms with E-state index in [2.05, 4.69) is 133 Å². The molecule has 0 bridgehead atoms. The van der Waals surface area contributed by atoms with Crippen LogP contribution >= 0.6 is 11.8 Å². The van der Waals surface area contributed by atoms with Crippen LogP contribution in [0.3, 0.4) is 0 Å². The molecule has 6 aromatic rings. The zero-order valence-corrected chi connectivity index (χ0v) is 26.5. The van der Waals surface area contributed by atoms with Crippen LogP contribution in [0.15, 0.2) is 82.7 Å². The van der Waals surface area contributed by atoms with E-state index in [-0.39, 0.29) is 10.8 Å². The normalized spacial score (nSPS) is 13.5. The van der Waals surface area contributed by atoms with Crippen molar-refractivity contribution in [3.63, 3.8) is 0 Å². The van der Waals surface area contributed by atoms with Crippen molar-refractivity contribution in [3.8, 4) is 11.3 Å². The van der Waals surface area contributed by atoms with Crippen LogP contribution < -0.4 is 4.57 Å². The van der Waals surface area contributed by atoms with E-state index in [4.69, 9.17) is 0 Å². The minimum Gasteiger partial charge on any atom is -0.200 e. The molecule has 0 spiro atoms. The van der Waals surface area contributed by atoms with Gasteiger partial charge in [0.1, 0.15) is 7.05 Å². The Hall–Kier alpha value is -3.36. The summed E-state index contributed by atoms with van der Waals surface area (Å²) in [6.07, 6.45) is 4.38. The lowest BCUT2D eigenvalue weighted by Gasteiger charge is -2.29. The predicted octanol–water partition coefficient (Wildman–Crippen LogP) is 10.7. The lowest BCUT2D eigenvalue weighted by molar-refractivity contribution is -0.659. The molecule has 7 rings (SSSR count). The molecule has 0 N–H and O–H groups in total. The highest BCUT2D eigenvalue weighted by Gasteiger charge is 2.34. The fraction of sp³-hybridized carbons (Fsp3) is 0.308. The van der Waals surface area contributed by atoms with Gasteiger partial charge in [-0.25, -0.2) is 4.57 Å². The molecule has 2 heteroatoms. The predicted molar refractivity (Wildman–Crippen MR) is 178 cm³/mol. The Balaban J connectivity index is 1.62. The van der Waals surface area contributed by atoms with Crippen molar-refractivity contribution < 1.29 is 4.57 Å². The van der Waals surface area contributed by atoms with Crippen LogP contribution in [0.1, 0.15) is 58.2 Å². The highest BCUT2D eigenvalue weighted by Crippen LogP contribution is 2.55. The number of rotatable bonds is 2. The smallest absolute Gasteiger partial charge is 0.200 e. The Labute approximate surface area is 248 Å². The molecule has 0 radical (unpaired) electrons. The lowest BCUT2D eigenvalue weighted by Crippen LogP contribution is -2.32. The molecule has 0 unspecified atom stereocenters. The first kappa shape index (κ1) is 26.5. The Bertz CT molecular complexity index is 2050. The molecule has 2 heterocycles. The summed E-state index contributed by atoms with van der Waals surface area (Å²) in [5.41, 5.74) is 7.51. The molecule has 0 saturated carbocycles. The summed E-state index contributed by atoms with van der Waals surface area (Å²) in [5, 5.41) is 10.9. The van der Waals surface area contributed by atoms with Gasteiger partial charge in [-0.1, -0.05) is 108 Å². The van der Waals surface area contributed by atoms with Crippen molar-refractivity contribution in [3.05, 3.63) is 89.6 Å². The lowest BCUT2D eigenvalue weighted by atomic mass is 9.82. The molecule has 5 aromatic carbocycles. The molecule has 41 heavy (non-hydrogen) atoms. The Morgan fingerprint density at radius 1 is 0.659 bits per heavy atom. The number of fused-ring (bicyclic) bond motifs is 7. The number of aryl methyl sites for hydroxylation is 2. The highest BCUT2D eigenvalue weighted by molar-refractivity contribution is 8.00. The van der Waals surface area contributed by atoms with E-state index in [1.165, 1.54) is 80.8 Å². The van der Waals surface area contributed by atoms with Gasteiger partial charge >= 0.3 is 0 Å². The average Bonchev–Trinajstić information content (AvgIpc) is 2.90. The minimum atomic E-state index is 0.164. The molecule has 0 aliphatic carbocycles. The fourth-order valence-electron chi connectivity index (χ4n) is 7.09. The maximum Gasteiger partial charge on any atom is 0.222 e. The van der Waals surface area contributed by atoms with Crippen LogP contribution in [0.25, 0.3) is 54.3 Å². The summed E-state index contributed by atoms with van der Waals surface area (Å²) in [6.45, 7) is 16.5. The van der Waals surface area contributed by atoms with E-state index < -0.39 is 0 Å². The second-order valence-electron chi connectivity index (χ2n) is 14.6. The van der Waals surface area contributed by atoms with Gasteiger partial charge in [0.25, 0.3) is 0 Å². The van der Waals surface area contributed by atoms with E-state index >= 15 is 0 Å². The van der Waals surface area contributed by atoms with Gasteiger partial charge in [-0.05, 0) is 91.1 Å². The van der Waals surface area contributed by atoms with Gasteiger partial charge in [0.2, 0.25) is 5.69 Å². The summed E-state index contributed by atoms with van der Waals surface area (Å²) in [5.74, 6) is 0. The quantitative estimate of drug-likeness (QED) is 0.117. The van der Waals surface area contributed by atoms with Gasteiger partial charge in [-0.15, -0.1) is 0 Å². The van der Waals surface area contributed by atoms with E-state index in [0.29, 0.717) is 0 Å². The molecule has 1 aromatic heterocycles. The van der Waals surface area contributed by atoms with Crippen molar-refractivity contribution in [1.82, 2.24) is 0 Å². The van der Waals surface area contributed by atoms with E-state index in [9.17, 15) is 0 Å². The van der Waals surface area contributed by atoms with Crippen molar-refractivity contribution >= 4 is 54.9 Å². The van der Waals surface area contributed by atoms with Crippen LogP contribution in [0.2, 0.25) is 0 Å². The topological polar surface area (TPSA) is 3.88 Å². The number of nitrogens with zero attached hydrogens (tertiary/aromatic N) is 1. The molecule has 0 saturated heterocycles. The van der Waals surface area contributed by atoms with Crippen molar-refractivity contribution in [2.45, 2.75) is 71.1 Å². The zero-order valence-electron chi connectivity index (χ0n) is 25.7. The summed E-state index contributed by atoms with van der Waals surface area (Å²) >= 11 is 2.02. The third-order valence-corrected chi connectivity index (χ3v) is 9.93. The number of pyridine rings is 1. The largest absolute Gasteiger partial charge is 0.222 e. The molecule has 1 nitrogen and oxygen atoms in total. The van der Waals surface area contributed by atoms with Crippen LogP contribution in [-0.4, -0.2) is 0 Å². The molecule has 1 aliphatic heterocycles. The molecular formula is C39H40NS+. The van der Waals surface area contributed by atoms with Gasteiger partial charge < -0.3 is 0 Å². The first-order valence-corrected chi connectivity index (χ1v) is 15.7. The standard InChI is InChI=1S/C39H40NS/c1-23-32-28-12-10-9-11-25(28)14-16-30(32)31(22-39(5,6)7)37-33(23)35-34-26(17-18-40(35)8)20-27-19-24(21-38(2,3)4)13-15-29(27)36(34)41-37/h9-20H,21-22H2,1-8H3/q+1. The van der Waals surface area contributed by atoms with Crippen LogP contribution in [0.5, 0.6) is 0 Å². The molecule has 1 aliphatic rings. The van der Waals surface area contributed by atoms with E-state index in [0.717, 1.165) is 12.8 Å². The van der Waals surface area contributed by atoms with Crippen molar-refractivity contribution in [2.75, 3.05) is 0 Å². The zero-order chi connectivity index (χ0) is 28.8. The maximum atomic E-state index is 2.44. The van der Waals surface area contributed by atoms with Gasteiger partial charge in [0, 0.05) is 15.9 Å². The molecule has 0 atom stereocenters. The second-order valence-corrected chi connectivity index (χ2v) is 15.6. The van der Waals surface area contributed by atoms with Gasteiger partial charge in [0.15, 0.2) is 6.20 Å². The number of benzene rings is 5. The molecule has 0 amide bonds. The monoisotopic (exact) mass is 554 g/mol. The van der Waals surface area contributed by atoms with Gasteiger partial charge in [-0.3, -0.25) is 0 Å². The summed E-state index contributed by atoms with van der Waals surface area (Å²) in [6, 6.07) is 25.6. The first-order valence-electron chi connectivity index (χ1n) is 14.9. The Morgan fingerprint density at radius 2 is 1.39 bits per heavy atom. The summed E-state index contributed by atoms with van der Waals surface area (Å²) < 4.78 is 2.37. The van der Waals surface area contributed by atoms with Crippen molar-refractivity contribution in [1.29, 1.82) is 0 Å². The maximum absolute atomic E-state index is 2.44. The second kappa shape index (κ2) is 9.07. The Kier molecular flexibility index (Phi) is 5.87. The first-order chi connectivity index (χ1) is 19.4. The molecule has 206 valence electrons.